The van der Waals surface area contributed by atoms with Crippen LogP contribution in [0.15, 0.2) is 18.2 Å². The van der Waals surface area contributed by atoms with Gasteiger partial charge in [-0.2, -0.15) is 11.8 Å². The molecular formula is C12H23N3S. The lowest BCUT2D eigenvalue weighted by atomic mass is 10.2. The monoisotopic (exact) mass is 241 g/mol. The molecule has 0 radical (unpaired) electrons. The molecule has 4 heteroatoms. The van der Waals surface area contributed by atoms with E-state index in [1.807, 2.05) is 11.8 Å². The molecular weight excluding hydrogens is 218 g/mol. The zero-order valence-corrected chi connectivity index (χ0v) is 11.5. The summed E-state index contributed by atoms with van der Waals surface area (Å²) < 4.78 is 0. The van der Waals surface area contributed by atoms with E-state index in [1.54, 1.807) is 0 Å². The van der Waals surface area contributed by atoms with Gasteiger partial charge in [0, 0.05) is 11.8 Å². The predicted molar refractivity (Wildman–Crippen MR) is 73.2 cm³/mol. The van der Waals surface area contributed by atoms with Gasteiger partial charge < -0.3 is 11.1 Å². The SMILES string of the molecule is CCSCc1cccc(C(C)N(C)C)n1.N. The number of hydrogen-bond acceptors (Lipinski definition) is 4. The van der Waals surface area contributed by atoms with Crippen LogP contribution in [0.3, 0.4) is 0 Å². The maximum absolute atomic E-state index is 4.67. The van der Waals surface area contributed by atoms with Gasteiger partial charge in [-0.15, -0.1) is 0 Å². The molecule has 1 atom stereocenters. The zero-order chi connectivity index (χ0) is 11.3. The second kappa shape index (κ2) is 7.65. The normalized spacial score (nSPS) is 12.3. The lowest BCUT2D eigenvalue weighted by molar-refractivity contribution is 0.315. The molecule has 92 valence electrons. The van der Waals surface area contributed by atoms with Crippen molar-refractivity contribution < 1.29 is 0 Å². The standard InChI is InChI=1S/C12H20N2S.H3N/c1-5-15-9-11-7-6-8-12(13-11)10(2)14(3)4;/h6-8,10H,5,9H2,1-4H3;1H3. The third-order valence-electron chi connectivity index (χ3n) is 2.49. The molecule has 0 fully saturated rings. The van der Waals surface area contributed by atoms with Crippen LogP contribution < -0.4 is 6.15 Å². The van der Waals surface area contributed by atoms with E-state index in [1.165, 1.54) is 5.69 Å². The second-order valence-electron chi connectivity index (χ2n) is 3.83. The van der Waals surface area contributed by atoms with Crippen LogP contribution in [0.1, 0.15) is 31.3 Å². The van der Waals surface area contributed by atoms with Crippen molar-refractivity contribution in [3.05, 3.63) is 29.6 Å². The fraction of sp³-hybridized carbons (Fsp3) is 0.583. The first-order chi connectivity index (χ1) is 7.15. The zero-order valence-electron chi connectivity index (χ0n) is 10.7. The van der Waals surface area contributed by atoms with Crippen LogP contribution in [0.5, 0.6) is 0 Å². The summed E-state index contributed by atoms with van der Waals surface area (Å²) in [6.07, 6.45) is 0. The molecule has 0 saturated carbocycles. The van der Waals surface area contributed by atoms with E-state index in [0.29, 0.717) is 6.04 Å². The van der Waals surface area contributed by atoms with Gasteiger partial charge in [-0.05, 0) is 38.9 Å². The molecule has 3 N–H and O–H groups in total. The van der Waals surface area contributed by atoms with E-state index in [-0.39, 0.29) is 6.15 Å². The number of nitrogens with zero attached hydrogens (tertiary/aromatic N) is 2. The fourth-order valence-electron chi connectivity index (χ4n) is 1.28. The first kappa shape index (κ1) is 15.4. The van der Waals surface area contributed by atoms with Crippen molar-refractivity contribution in [2.75, 3.05) is 19.8 Å². The van der Waals surface area contributed by atoms with Crippen molar-refractivity contribution in [1.82, 2.24) is 16.0 Å². The summed E-state index contributed by atoms with van der Waals surface area (Å²) in [6, 6.07) is 6.70. The topological polar surface area (TPSA) is 51.1 Å². The number of hydrogen-bond donors (Lipinski definition) is 1. The molecule has 0 aliphatic heterocycles. The molecule has 0 amide bonds. The van der Waals surface area contributed by atoms with Crippen LogP contribution in [0.2, 0.25) is 0 Å². The highest BCUT2D eigenvalue weighted by Crippen LogP contribution is 2.17. The minimum absolute atomic E-state index is 0. The summed E-state index contributed by atoms with van der Waals surface area (Å²) in [6.45, 7) is 4.36. The van der Waals surface area contributed by atoms with Crippen molar-refractivity contribution in [2.24, 2.45) is 0 Å². The third kappa shape index (κ3) is 4.51. The van der Waals surface area contributed by atoms with E-state index in [0.717, 1.165) is 17.2 Å². The van der Waals surface area contributed by atoms with Crippen molar-refractivity contribution in [1.29, 1.82) is 0 Å². The van der Waals surface area contributed by atoms with Crippen molar-refractivity contribution in [2.45, 2.75) is 25.6 Å². The number of pyridine rings is 1. The number of rotatable bonds is 5. The van der Waals surface area contributed by atoms with Gasteiger partial charge in [-0.3, -0.25) is 4.98 Å². The second-order valence-corrected chi connectivity index (χ2v) is 5.10. The Labute approximate surface area is 103 Å². The maximum atomic E-state index is 4.67. The van der Waals surface area contributed by atoms with Gasteiger partial charge in [-0.1, -0.05) is 13.0 Å². The highest BCUT2D eigenvalue weighted by Gasteiger charge is 2.09. The molecule has 1 aromatic heterocycles. The molecule has 0 saturated heterocycles. The Bertz CT molecular complexity index is 302. The van der Waals surface area contributed by atoms with Crippen molar-refractivity contribution >= 4 is 11.8 Å². The molecule has 0 aliphatic carbocycles. The average Bonchev–Trinajstić information content (AvgIpc) is 2.25. The first-order valence-electron chi connectivity index (χ1n) is 5.35. The molecule has 1 heterocycles. The molecule has 1 rings (SSSR count). The van der Waals surface area contributed by atoms with Crippen LogP contribution in [-0.2, 0) is 5.75 Å². The third-order valence-corrected chi connectivity index (χ3v) is 3.39. The summed E-state index contributed by atoms with van der Waals surface area (Å²) in [4.78, 5) is 6.85. The maximum Gasteiger partial charge on any atom is 0.0576 e. The van der Waals surface area contributed by atoms with Crippen LogP contribution >= 0.6 is 11.8 Å². The van der Waals surface area contributed by atoms with Gasteiger partial charge in [0.25, 0.3) is 0 Å². The predicted octanol–water partition coefficient (Wildman–Crippen LogP) is 3.12. The first-order valence-corrected chi connectivity index (χ1v) is 6.50. The van der Waals surface area contributed by atoms with Gasteiger partial charge in [0.2, 0.25) is 0 Å². The summed E-state index contributed by atoms with van der Waals surface area (Å²) >= 11 is 1.91. The Hall–Kier alpha value is -0.580. The average molecular weight is 241 g/mol. The lowest BCUT2D eigenvalue weighted by Gasteiger charge is -2.19. The van der Waals surface area contributed by atoms with E-state index >= 15 is 0 Å². The molecule has 3 nitrogen and oxygen atoms in total. The number of thioether (sulfide) groups is 1. The fourth-order valence-corrected chi connectivity index (χ4v) is 1.86. The smallest absolute Gasteiger partial charge is 0.0576 e. The van der Waals surface area contributed by atoms with E-state index in [2.05, 4.69) is 56.0 Å². The molecule has 1 aromatic rings. The van der Waals surface area contributed by atoms with Gasteiger partial charge >= 0.3 is 0 Å². The van der Waals surface area contributed by atoms with Crippen molar-refractivity contribution in [3.8, 4) is 0 Å². The van der Waals surface area contributed by atoms with Gasteiger partial charge in [0.1, 0.15) is 0 Å². The Balaban J connectivity index is 0.00000225. The number of aromatic nitrogens is 1. The largest absolute Gasteiger partial charge is 0.344 e. The summed E-state index contributed by atoms with van der Waals surface area (Å²) in [5.41, 5.74) is 2.35. The van der Waals surface area contributed by atoms with E-state index in [4.69, 9.17) is 0 Å². The summed E-state index contributed by atoms with van der Waals surface area (Å²) in [7, 11) is 4.17. The molecule has 1 unspecified atom stereocenters. The Morgan fingerprint density at radius 1 is 1.38 bits per heavy atom. The molecule has 16 heavy (non-hydrogen) atoms. The Morgan fingerprint density at radius 3 is 2.62 bits per heavy atom. The Kier molecular flexibility index (Phi) is 7.38. The van der Waals surface area contributed by atoms with Gasteiger partial charge in [-0.25, -0.2) is 0 Å². The molecule has 0 bridgehead atoms. The minimum atomic E-state index is 0. The quantitative estimate of drug-likeness (QED) is 0.860. The van der Waals surface area contributed by atoms with Crippen molar-refractivity contribution in [3.63, 3.8) is 0 Å². The summed E-state index contributed by atoms with van der Waals surface area (Å²) in [5, 5.41) is 0. The van der Waals surface area contributed by atoms with E-state index < -0.39 is 0 Å². The lowest BCUT2D eigenvalue weighted by Crippen LogP contribution is -2.18. The minimum Gasteiger partial charge on any atom is -0.344 e. The van der Waals surface area contributed by atoms with Crippen LogP contribution in [0.25, 0.3) is 0 Å². The summed E-state index contributed by atoms with van der Waals surface area (Å²) in [5.74, 6) is 2.17. The Morgan fingerprint density at radius 2 is 2.06 bits per heavy atom. The van der Waals surface area contributed by atoms with Crippen LogP contribution in [-0.4, -0.2) is 29.7 Å². The van der Waals surface area contributed by atoms with Gasteiger partial charge in [0.15, 0.2) is 0 Å². The highest BCUT2D eigenvalue weighted by atomic mass is 32.2. The van der Waals surface area contributed by atoms with Crippen LogP contribution in [0, 0.1) is 0 Å². The molecule has 0 aromatic carbocycles. The molecule has 0 aliphatic rings. The van der Waals surface area contributed by atoms with Gasteiger partial charge in [0.05, 0.1) is 11.4 Å². The highest BCUT2D eigenvalue weighted by molar-refractivity contribution is 7.98. The molecule has 0 spiro atoms. The van der Waals surface area contributed by atoms with Crippen LogP contribution in [0.4, 0.5) is 0 Å². The van der Waals surface area contributed by atoms with E-state index in [9.17, 15) is 0 Å².